The fourth-order valence-corrected chi connectivity index (χ4v) is 3.06. The first-order valence-corrected chi connectivity index (χ1v) is 9.31. The zero-order valence-corrected chi connectivity index (χ0v) is 16.0. The van der Waals surface area contributed by atoms with E-state index in [-0.39, 0.29) is 18.3 Å². The molecule has 2 aromatic carbocycles. The lowest BCUT2D eigenvalue weighted by atomic mass is 10.1. The topological polar surface area (TPSA) is 49.9 Å². The molecule has 0 spiro atoms. The number of hydrogen-bond acceptors (Lipinski definition) is 4. The molecule has 0 aliphatic carbocycles. The lowest BCUT2D eigenvalue weighted by Gasteiger charge is -2.34. The van der Waals surface area contributed by atoms with Crippen molar-refractivity contribution in [1.29, 1.82) is 0 Å². The number of benzene rings is 2. The SMILES string of the molecule is Cc1ccc(OCC(=O)N2CCN(CC(=O)c3ccc(C)cc3)CC2)cc1. The van der Waals surface area contributed by atoms with Crippen LogP contribution in [0.4, 0.5) is 0 Å². The molecule has 142 valence electrons. The van der Waals surface area contributed by atoms with Gasteiger partial charge >= 0.3 is 0 Å². The van der Waals surface area contributed by atoms with E-state index >= 15 is 0 Å². The second kappa shape index (κ2) is 8.82. The van der Waals surface area contributed by atoms with Crippen molar-refractivity contribution in [3.05, 3.63) is 65.2 Å². The van der Waals surface area contributed by atoms with E-state index in [2.05, 4.69) is 4.90 Å². The highest BCUT2D eigenvalue weighted by atomic mass is 16.5. The van der Waals surface area contributed by atoms with Crippen molar-refractivity contribution < 1.29 is 14.3 Å². The smallest absolute Gasteiger partial charge is 0.260 e. The van der Waals surface area contributed by atoms with Crippen LogP contribution in [0, 0.1) is 13.8 Å². The van der Waals surface area contributed by atoms with Gasteiger partial charge in [-0.1, -0.05) is 47.5 Å². The number of hydrogen-bond donors (Lipinski definition) is 0. The number of carbonyl (C=O) groups is 2. The van der Waals surface area contributed by atoms with Gasteiger partial charge < -0.3 is 9.64 Å². The zero-order valence-electron chi connectivity index (χ0n) is 16.0. The number of Topliss-reactive ketones (excluding diaryl/α,β-unsaturated/α-hetero) is 1. The summed E-state index contributed by atoms with van der Waals surface area (Å²) in [5.74, 6) is 0.814. The van der Waals surface area contributed by atoms with Crippen LogP contribution in [0.3, 0.4) is 0 Å². The van der Waals surface area contributed by atoms with E-state index in [0.29, 0.717) is 38.5 Å². The molecule has 27 heavy (non-hydrogen) atoms. The van der Waals surface area contributed by atoms with Gasteiger partial charge in [-0.3, -0.25) is 14.5 Å². The van der Waals surface area contributed by atoms with Crippen LogP contribution >= 0.6 is 0 Å². The Balaban J connectivity index is 1.42. The Hall–Kier alpha value is -2.66. The van der Waals surface area contributed by atoms with E-state index in [0.717, 1.165) is 16.7 Å². The molecule has 0 atom stereocenters. The molecule has 1 heterocycles. The maximum Gasteiger partial charge on any atom is 0.260 e. The Kier molecular flexibility index (Phi) is 6.24. The normalized spacial score (nSPS) is 14.8. The van der Waals surface area contributed by atoms with Crippen LogP contribution in [0.25, 0.3) is 0 Å². The molecule has 0 unspecified atom stereocenters. The predicted molar refractivity (Wildman–Crippen MR) is 105 cm³/mol. The summed E-state index contributed by atoms with van der Waals surface area (Å²) in [6.07, 6.45) is 0. The minimum absolute atomic E-state index is 0.0138. The van der Waals surface area contributed by atoms with Gasteiger partial charge in [0.25, 0.3) is 5.91 Å². The Bertz CT molecular complexity index is 776. The predicted octanol–water partition coefficient (Wildman–Crippen LogP) is 2.71. The molecule has 0 N–H and O–H groups in total. The number of aryl methyl sites for hydroxylation is 2. The number of piperazine rings is 1. The third kappa shape index (κ3) is 5.41. The second-order valence-corrected chi connectivity index (χ2v) is 7.05. The molecule has 5 heteroatoms. The first kappa shape index (κ1) is 19.1. The van der Waals surface area contributed by atoms with Crippen molar-refractivity contribution >= 4 is 11.7 Å². The Morgan fingerprint density at radius 3 is 2.00 bits per heavy atom. The van der Waals surface area contributed by atoms with E-state index in [1.165, 1.54) is 0 Å². The number of nitrogens with zero attached hydrogens (tertiary/aromatic N) is 2. The summed E-state index contributed by atoms with van der Waals surface area (Å²) in [6.45, 7) is 7.11. The van der Waals surface area contributed by atoms with Crippen LogP contribution in [0.15, 0.2) is 48.5 Å². The standard InChI is InChI=1S/C22H26N2O3/c1-17-3-7-19(8-4-17)21(25)15-23-11-13-24(14-12-23)22(26)16-27-20-9-5-18(2)6-10-20/h3-10H,11-16H2,1-2H3. The third-order valence-corrected chi connectivity index (χ3v) is 4.85. The maximum absolute atomic E-state index is 12.4. The van der Waals surface area contributed by atoms with Crippen molar-refractivity contribution in [2.75, 3.05) is 39.3 Å². The van der Waals surface area contributed by atoms with Gasteiger partial charge in [-0.25, -0.2) is 0 Å². The monoisotopic (exact) mass is 366 g/mol. The van der Waals surface area contributed by atoms with Gasteiger partial charge in [0.15, 0.2) is 12.4 Å². The molecule has 1 aliphatic heterocycles. The number of amides is 1. The van der Waals surface area contributed by atoms with Crippen LogP contribution in [-0.2, 0) is 4.79 Å². The van der Waals surface area contributed by atoms with Crippen LogP contribution < -0.4 is 4.74 Å². The minimum Gasteiger partial charge on any atom is -0.484 e. The quantitative estimate of drug-likeness (QED) is 0.738. The third-order valence-electron chi connectivity index (χ3n) is 4.85. The van der Waals surface area contributed by atoms with Gasteiger partial charge in [-0.2, -0.15) is 0 Å². The lowest BCUT2D eigenvalue weighted by Crippen LogP contribution is -2.51. The van der Waals surface area contributed by atoms with Crippen molar-refractivity contribution in [1.82, 2.24) is 9.80 Å². The van der Waals surface area contributed by atoms with Crippen molar-refractivity contribution in [3.63, 3.8) is 0 Å². The van der Waals surface area contributed by atoms with E-state index in [9.17, 15) is 9.59 Å². The largest absolute Gasteiger partial charge is 0.484 e. The Labute approximate surface area is 160 Å². The average molecular weight is 366 g/mol. The van der Waals surface area contributed by atoms with Gasteiger partial charge in [0.1, 0.15) is 5.75 Å². The summed E-state index contributed by atoms with van der Waals surface area (Å²) in [6, 6.07) is 15.3. The lowest BCUT2D eigenvalue weighted by molar-refractivity contribution is -0.135. The molecular weight excluding hydrogens is 340 g/mol. The molecule has 1 saturated heterocycles. The van der Waals surface area contributed by atoms with E-state index in [1.807, 2.05) is 62.4 Å². The molecule has 1 amide bonds. The van der Waals surface area contributed by atoms with Crippen LogP contribution in [0.2, 0.25) is 0 Å². The van der Waals surface area contributed by atoms with Crippen LogP contribution in [0.1, 0.15) is 21.5 Å². The molecule has 1 fully saturated rings. The van der Waals surface area contributed by atoms with E-state index < -0.39 is 0 Å². The number of carbonyl (C=O) groups excluding carboxylic acids is 2. The van der Waals surface area contributed by atoms with Crippen LogP contribution in [-0.4, -0.2) is 60.8 Å². The number of ketones is 1. The second-order valence-electron chi connectivity index (χ2n) is 7.05. The highest BCUT2D eigenvalue weighted by molar-refractivity contribution is 5.97. The average Bonchev–Trinajstić information content (AvgIpc) is 2.68. The molecule has 1 aliphatic rings. The summed E-state index contributed by atoms with van der Waals surface area (Å²) in [5, 5.41) is 0. The molecule has 2 aromatic rings. The zero-order chi connectivity index (χ0) is 19.2. The van der Waals surface area contributed by atoms with Crippen molar-refractivity contribution in [2.24, 2.45) is 0 Å². The summed E-state index contributed by atoms with van der Waals surface area (Å²) in [7, 11) is 0. The summed E-state index contributed by atoms with van der Waals surface area (Å²) in [5.41, 5.74) is 3.04. The van der Waals surface area contributed by atoms with Gasteiger partial charge in [-0.15, -0.1) is 0 Å². The fraction of sp³-hybridized carbons (Fsp3) is 0.364. The molecule has 0 bridgehead atoms. The van der Waals surface area contributed by atoms with Crippen LogP contribution in [0.5, 0.6) is 5.75 Å². The van der Waals surface area contributed by atoms with Gasteiger partial charge in [0, 0.05) is 31.7 Å². The van der Waals surface area contributed by atoms with Crippen molar-refractivity contribution in [2.45, 2.75) is 13.8 Å². The number of rotatable bonds is 6. The first-order valence-electron chi connectivity index (χ1n) is 9.31. The summed E-state index contributed by atoms with van der Waals surface area (Å²) in [4.78, 5) is 28.6. The summed E-state index contributed by atoms with van der Waals surface area (Å²) >= 11 is 0. The molecule has 3 rings (SSSR count). The first-order chi connectivity index (χ1) is 13.0. The van der Waals surface area contributed by atoms with Gasteiger partial charge in [0.2, 0.25) is 0 Å². The summed E-state index contributed by atoms with van der Waals surface area (Å²) < 4.78 is 5.58. The highest BCUT2D eigenvalue weighted by Gasteiger charge is 2.23. The maximum atomic E-state index is 12.4. The van der Waals surface area contributed by atoms with Gasteiger partial charge in [-0.05, 0) is 26.0 Å². The molecule has 0 radical (unpaired) electrons. The Morgan fingerprint density at radius 1 is 0.852 bits per heavy atom. The Morgan fingerprint density at radius 2 is 1.41 bits per heavy atom. The fourth-order valence-electron chi connectivity index (χ4n) is 3.06. The van der Waals surface area contributed by atoms with E-state index in [4.69, 9.17) is 4.74 Å². The molecule has 0 saturated carbocycles. The molecule has 5 nitrogen and oxygen atoms in total. The van der Waals surface area contributed by atoms with E-state index in [1.54, 1.807) is 4.90 Å². The molecule has 0 aromatic heterocycles. The molecular formula is C22H26N2O3. The minimum atomic E-state index is -0.0138. The number of ether oxygens (including phenoxy) is 1. The highest BCUT2D eigenvalue weighted by Crippen LogP contribution is 2.12. The van der Waals surface area contributed by atoms with Crippen molar-refractivity contribution in [3.8, 4) is 5.75 Å². The van der Waals surface area contributed by atoms with Gasteiger partial charge in [0.05, 0.1) is 6.54 Å².